The number of nitrogens with zero attached hydrogens (tertiary/aromatic N) is 4. The lowest BCUT2D eigenvalue weighted by Gasteiger charge is -2.13. The number of nitrogens with one attached hydrogen (secondary N) is 2. The molecule has 0 aliphatic rings. The minimum absolute atomic E-state index is 0.0583. The van der Waals surface area contributed by atoms with E-state index in [2.05, 4.69) is 20.5 Å². The normalized spacial score (nSPS) is 10.8. The molecule has 0 fully saturated rings. The van der Waals surface area contributed by atoms with Gasteiger partial charge in [-0.1, -0.05) is 0 Å². The highest BCUT2D eigenvalue weighted by atomic mass is 16.5. The van der Waals surface area contributed by atoms with E-state index in [-0.39, 0.29) is 24.6 Å². The molecular weight excluding hydrogens is 278 g/mol. The lowest BCUT2D eigenvalue weighted by atomic mass is 10.4. The van der Waals surface area contributed by atoms with Gasteiger partial charge in [0, 0.05) is 14.2 Å². The average Bonchev–Trinajstić information content (AvgIpc) is 2.84. The Bertz CT molecular complexity index is 730. The number of aromatic nitrogens is 5. The Morgan fingerprint density at radius 3 is 2.86 bits per heavy atom. The first kappa shape index (κ1) is 14.8. The van der Waals surface area contributed by atoms with Crippen LogP contribution >= 0.6 is 0 Å². The molecule has 0 radical (unpaired) electrons. The molecule has 0 saturated carbocycles. The summed E-state index contributed by atoms with van der Waals surface area (Å²) in [5.74, 6) is 0.686. The first-order valence-electron chi connectivity index (χ1n) is 6.23. The van der Waals surface area contributed by atoms with Gasteiger partial charge in [0.25, 0.3) is 5.56 Å². The number of ether oxygens (including phenoxy) is 1. The number of nitrogens with two attached hydrogens (primary N) is 1. The molecular formula is C11H17N7O3. The van der Waals surface area contributed by atoms with Crippen LogP contribution in [0.5, 0.6) is 0 Å². The number of anilines is 2. The van der Waals surface area contributed by atoms with Gasteiger partial charge in [-0.2, -0.15) is 0 Å². The third-order valence-corrected chi connectivity index (χ3v) is 2.99. The van der Waals surface area contributed by atoms with Crippen LogP contribution in [-0.4, -0.2) is 38.0 Å². The van der Waals surface area contributed by atoms with E-state index in [1.165, 1.54) is 11.7 Å². The van der Waals surface area contributed by atoms with Crippen molar-refractivity contribution in [3.63, 3.8) is 0 Å². The fraction of sp³-hybridized carbons (Fsp3) is 0.455. The molecule has 10 nitrogen and oxygen atoms in total. The second-order valence-corrected chi connectivity index (χ2v) is 4.38. The van der Waals surface area contributed by atoms with Crippen molar-refractivity contribution in [2.45, 2.75) is 13.1 Å². The Morgan fingerprint density at radius 1 is 1.48 bits per heavy atom. The van der Waals surface area contributed by atoms with Crippen LogP contribution < -0.4 is 22.3 Å². The van der Waals surface area contributed by atoms with Gasteiger partial charge in [0.15, 0.2) is 5.82 Å². The quantitative estimate of drug-likeness (QED) is 0.591. The Hall–Kier alpha value is -2.62. The topological polar surface area (TPSA) is 133 Å². The zero-order valence-corrected chi connectivity index (χ0v) is 11.8. The maximum atomic E-state index is 11.8. The average molecular weight is 295 g/mol. The Labute approximate surface area is 119 Å². The molecule has 10 heteroatoms. The molecule has 2 rings (SSSR count). The van der Waals surface area contributed by atoms with Crippen LogP contribution in [0.15, 0.2) is 15.9 Å². The van der Waals surface area contributed by atoms with Crippen LogP contribution in [0.25, 0.3) is 0 Å². The van der Waals surface area contributed by atoms with E-state index < -0.39 is 11.2 Å². The van der Waals surface area contributed by atoms with Crippen LogP contribution in [0.1, 0.15) is 5.82 Å². The van der Waals surface area contributed by atoms with E-state index in [1.54, 1.807) is 17.9 Å². The molecule has 0 unspecified atom stereocenters. The molecule has 21 heavy (non-hydrogen) atoms. The number of H-pyrrole nitrogens is 1. The van der Waals surface area contributed by atoms with Crippen LogP contribution in [0.3, 0.4) is 0 Å². The van der Waals surface area contributed by atoms with Gasteiger partial charge in [-0.05, 0) is 0 Å². The highest BCUT2D eigenvalue weighted by molar-refractivity contribution is 5.60. The van der Waals surface area contributed by atoms with Crippen molar-refractivity contribution < 1.29 is 4.74 Å². The molecule has 0 aliphatic heterocycles. The van der Waals surface area contributed by atoms with Gasteiger partial charge in [0.2, 0.25) is 0 Å². The fourth-order valence-electron chi connectivity index (χ4n) is 1.80. The summed E-state index contributed by atoms with van der Waals surface area (Å²) in [6.07, 6.45) is 1.55. The number of aromatic amines is 1. The largest absolute Gasteiger partial charge is 0.383 e. The summed E-state index contributed by atoms with van der Waals surface area (Å²) in [5, 5.41) is 10.5. The van der Waals surface area contributed by atoms with Crippen molar-refractivity contribution in [2.24, 2.45) is 7.05 Å². The summed E-state index contributed by atoms with van der Waals surface area (Å²) in [5.41, 5.74) is 4.86. The van der Waals surface area contributed by atoms with Crippen molar-refractivity contribution >= 4 is 11.5 Å². The summed E-state index contributed by atoms with van der Waals surface area (Å²) >= 11 is 0. The minimum atomic E-state index is -0.576. The van der Waals surface area contributed by atoms with Gasteiger partial charge < -0.3 is 20.4 Å². The van der Waals surface area contributed by atoms with Crippen molar-refractivity contribution in [1.29, 1.82) is 0 Å². The molecule has 0 atom stereocenters. The lowest BCUT2D eigenvalue weighted by Crippen LogP contribution is -2.35. The van der Waals surface area contributed by atoms with Gasteiger partial charge in [-0.3, -0.25) is 14.3 Å². The van der Waals surface area contributed by atoms with E-state index in [1.807, 2.05) is 0 Å². The predicted molar refractivity (Wildman–Crippen MR) is 75.9 cm³/mol. The number of hydrogen-bond donors (Lipinski definition) is 3. The first-order valence-corrected chi connectivity index (χ1v) is 6.23. The Morgan fingerprint density at radius 2 is 2.24 bits per heavy atom. The lowest BCUT2D eigenvalue weighted by molar-refractivity contribution is 0.186. The molecule has 4 N–H and O–H groups in total. The molecule has 0 spiro atoms. The van der Waals surface area contributed by atoms with Gasteiger partial charge in [0.1, 0.15) is 17.8 Å². The van der Waals surface area contributed by atoms with Crippen molar-refractivity contribution in [3.05, 3.63) is 33.0 Å². The van der Waals surface area contributed by atoms with Crippen LogP contribution in [0.2, 0.25) is 0 Å². The number of methoxy groups -OCH3 is 1. The summed E-state index contributed by atoms with van der Waals surface area (Å²) in [4.78, 5) is 25.8. The van der Waals surface area contributed by atoms with Gasteiger partial charge in [-0.25, -0.2) is 4.79 Å². The second-order valence-electron chi connectivity index (χ2n) is 4.38. The van der Waals surface area contributed by atoms with Crippen molar-refractivity contribution in [3.8, 4) is 0 Å². The number of nitrogen functional groups attached to an aromatic ring is 1. The zero-order chi connectivity index (χ0) is 15.4. The SMILES string of the molecule is COCCn1c(N)c(NCc2nncn2C)c(=O)[nH]c1=O. The van der Waals surface area contributed by atoms with Crippen molar-refractivity contribution in [1.82, 2.24) is 24.3 Å². The summed E-state index contributed by atoms with van der Waals surface area (Å²) < 4.78 is 7.86. The molecule has 2 aromatic rings. The third-order valence-electron chi connectivity index (χ3n) is 2.99. The fourth-order valence-corrected chi connectivity index (χ4v) is 1.80. The Kier molecular flexibility index (Phi) is 4.38. The molecule has 0 aliphatic carbocycles. The standard InChI is InChI=1S/C11H17N7O3/c1-17-6-14-16-7(17)5-13-8-9(12)18(3-4-21-2)11(20)15-10(8)19/h6,13H,3-5,12H2,1-2H3,(H,15,19,20). The third kappa shape index (κ3) is 3.11. The summed E-state index contributed by atoms with van der Waals surface area (Å²) in [6, 6.07) is 0. The van der Waals surface area contributed by atoms with E-state index in [4.69, 9.17) is 10.5 Å². The van der Waals surface area contributed by atoms with E-state index >= 15 is 0 Å². The molecule has 2 heterocycles. The molecule has 114 valence electrons. The van der Waals surface area contributed by atoms with E-state index in [9.17, 15) is 9.59 Å². The molecule has 0 amide bonds. The highest BCUT2D eigenvalue weighted by Crippen LogP contribution is 2.10. The van der Waals surface area contributed by atoms with Gasteiger partial charge in [0.05, 0.1) is 19.7 Å². The number of hydrogen-bond acceptors (Lipinski definition) is 7. The maximum Gasteiger partial charge on any atom is 0.330 e. The first-order chi connectivity index (χ1) is 10.0. The van der Waals surface area contributed by atoms with Gasteiger partial charge in [-0.15, -0.1) is 10.2 Å². The van der Waals surface area contributed by atoms with Crippen LogP contribution in [-0.2, 0) is 24.9 Å². The molecule has 2 aromatic heterocycles. The van der Waals surface area contributed by atoms with Crippen molar-refractivity contribution in [2.75, 3.05) is 24.8 Å². The number of aryl methyl sites for hydroxylation is 1. The maximum absolute atomic E-state index is 11.8. The zero-order valence-electron chi connectivity index (χ0n) is 11.8. The van der Waals surface area contributed by atoms with Crippen LogP contribution in [0.4, 0.5) is 11.5 Å². The summed E-state index contributed by atoms with van der Waals surface area (Å²) in [6.45, 7) is 0.807. The smallest absolute Gasteiger partial charge is 0.330 e. The minimum Gasteiger partial charge on any atom is -0.383 e. The monoisotopic (exact) mass is 295 g/mol. The second kappa shape index (κ2) is 6.22. The highest BCUT2D eigenvalue weighted by Gasteiger charge is 2.12. The molecule has 0 bridgehead atoms. The predicted octanol–water partition coefficient (Wildman–Crippen LogP) is -1.49. The number of rotatable bonds is 6. The van der Waals surface area contributed by atoms with Crippen LogP contribution in [0, 0.1) is 0 Å². The molecule has 0 aromatic carbocycles. The molecule has 0 saturated heterocycles. The van der Waals surface area contributed by atoms with E-state index in [0.29, 0.717) is 12.4 Å². The Balaban J connectivity index is 2.28. The van der Waals surface area contributed by atoms with Gasteiger partial charge >= 0.3 is 5.69 Å². The van der Waals surface area contributed by atoms with E-state index in [0.717, 1.165) is 0 Å². The summed E-state index contributed by atoms with van der Waals surface area (Å²) in [7, 11) is 3.30.